The summed E-state index contributed by atoms with van der Waals surface area (Å²) in [6.45, 7) is 1.28. The van der Waals surface area contributed by atoms with Crippen molar-refractivity contribution in [1.82, 2.24) is 15.0 Å². The van der Waals surface area contributed by atoms with Crippen molar-refractivity contribution in [3.05, 3.63) is 42.1 Å². The molecule has 0 saturated carbocycles. The molecule has 3 aromatic rings. The molecule has 0 radical (unpaired) electrons. The van der Waals surface area contributed by atoms with Crippen LogP contribution in [0, 0.1) is 0 Å². The van der Waals surface area contributed by atoms with Crippen molar-refractivity contribution < 1.29 is 14.6 Å². The number of H-pyrrole nitrogens is 1. The van der Waals surface area contributed by atoms with E-state index in [1.807, 2.05) is 41.3 Å². The van der Waals surface area contributed by atoms with Crippen molar-refractivity contribution >= 4 is 36.3 Å². The predicted octanol–water partition coefficient (Wildman–Crippen LogP) is 1.70. The Labute approximate surface area is 175 Å². The van der Waals surface area contributed by atoms with Crippen LogP contribution in [0.5, 0.6) is 0 Å². The van der Waals surface area contributed by atoms with Crippen LogP contribution in [0.15, 0.2) is 36.4 Å². The smallest absolute Gasteiger partial charge is 0.240 e. The summed E-state index contributed by atoms with van der Waals surface area (Å²) in [4.78, 5) is 26.7. The minimum atomic E-state index is -0.370. The maximum atomic E-state index is 11.9. The topological polar surface area (TPSA) is 117 Å². The van der Waals surface area contributed by atoms with Gasteiger partial charge in [-0.1, -0.05) is 30.3 Å². The molecule has 1 fully saturated rings. The van der Waals surface area contributed by atoms with E-state index in [2.05, 4.69) is 9.97 Å². The van der Waals surface area contributed by atoms with E-state index < -0.39 is 0 Å². The Kier molecular flexibility index (Phi) is 6.73. The van der Waals surface area contributed by atoms with Crippen LogP contribution in [0.3, 0.4) is 0 Å². The fraction of sp³-hybridized carbons (Fsp3) is 0.350. The van der Waals surface area contributed by atoms with Gasteiger partial charge in [-0.25, -0.2) is 9.97 Å². The Morgan fingerprint density at radius 1 is 1.31 bits per heavy atom. The minimum Gasteiger partial charge on any atom is -0.394 e. The average molecular weight is 416 g/mol. The van der Waals surface area contributed by atoms with Crippen molar-refractivity contribution in [2.24, 2.45) is 5.73 Å². The van der Waals surface area contributed by atoms with Gasteiger partial charge in [0.2, 0.25) is 5.91 Å². The highest BCUT2D eigenvalue weighted by Gasteiger charge is 2.32. The molecule has 1 aliphatic rings. The van der Waals surface area contributed by atoms with Crippen LogP contribution < -0.4 is 10.6 Å². The first kappa shape index (κ1) is 21.1. The molecule has 29 heavy (non-hydrogen) atoms. The van der Waals surface area contributed by atoms with Crippen molar-refractivity contribution in [3.8, 4) is 11.4 Å². The number of primary amides is 1. The van der Waals surface area contributed by atoms with Gasteiger partial charge in [-0.2, -0.15) is 13.5 Å². The molecule has 0 aliphatic carbocycles. The SMILES string of the molecule is NC(=O)[C@@H]1CCCN1c1nc(-c2ccccc2)nc2[nH]c(COCCO)cc12.S. The second-order valence-electron chi connectivity index (χ2n) is 6.82. The van der Waals surface area contributed by atoms with Crippen LogP contribution in [0.2, 0.25) is 0 Å². The lowest BCUT2D eigenvalue weighted by atomic mass is 10.2. The quantitative estimate of drug-likeness (QED) is 0.506. The summed E-state index contributed by atoms with van der Waals surface area (Å²) >= 11 is 0. The lowest BCUT2D eigenvalue weighted by molar-refractivity contribution is -0.119. The van der Waals surface area contributed by atoms with Gasteiger partial charge < -0.3 is 25.5 Å². The highest BCUT2D eigenvalue weighted by Crippen LogP contribution is 2.32. The van der Waals surface area contributed by atoms with E-state index >= 15 is 0 Å². The van der Waals surface area contributed by atoms with E-state index in [9.17, 15) is 4.79 Å². The highest BCUT2D eigenvalue weighted by atomic mass is 32.1. The van der Waals surface area contributed by atoms with E-state index in [0.717, 1.165) is 36.0 Å². The zero-order chi connectivity index (χ0) is 19.5. The number of amides is 1. The molecule has 1 amide bonds. The number of carbonyl (C=O) groups excluding carboxylic acids is 1. The lowest BCUT2D eigenvalue weighted by Gasteiger charge is -2.24. The molecule has 0 spiro atoms. The number of anilines is 1. The van der Waals surface area contributed by atoms with Gasteiger partial charge in [0.25, 0.3) is 0 Å². The Hall–Kier alpha value is -2.62. The number of aliphatic hydroxyl groups excluding tert-OH is 1. The first-order valence-electron chi connectivity index (χ1n) is 9.37. The molecular formula is C20H25N5O3S. The zero-order valence-corrected chi connectivity index (χ0v) is 17.0. The number of aromatic amines is 1. The molecule has 154 valence electrons. The van der Waals surface area contributed by atoms with Gasteiger partial charge in [0.1, 0.15) is 17.5 Å². The number of rotatable bonds is 7. The second-order valence-corrected chi connectivity index (χ2v) is 6.82. The van der Waals surface area contributed by atoms with Crippen LogP contribution in [-0.4, -0.2) is 51.8 Å². The average Bonchev–Trinajstić information content (AvgIpc) is 3.35. The predicted molar refractivity (Wildman–Crippen MR) is 116 cm³/mol. The van der Waals surface area contributed by atoms with E-state index in [0.29, 0.717) is 23.9 Å². The van der Waals surface area contributed by atoms with Crippen LogP contribution in [0.4, 0.5) is 5.82 Å². The molecule has 0 bridgehead atoms. The summed E-state index contributed by atoms with van der Waals surface area (Å²) in [6.07, 6.45) is 1.61. The molecular weight excluding hydrogens is 390 g/mol. The fourth-order valence-electron chi connectivity index (χ4n) is 3.62. The molecule has 0 unspecified atom stereocenters. The molecule has 1 atom stereocenters. The summed E-state index contributed by atoms with van der Waals surface area (Å²) in [5.74, 6) is 0.949. The Morgan fingerprint density at radius 3 is 2.83 bits per heavy atom. The molecule has 1 saturated heterocycles. The number of ether oxygens (including phenoxy) is 1. The van der Waals surface area contributed by atoms with Gasteiger partial charge in [-0.15, -0.1) is 0 Å². The third kappa shape index (κ3) is 4.36. The first-order valence-corrected chi connectivity index (χ1v) is 9.37. The molecule has 4 N–H and O–H groups in total. The first-order chi connectivity index (χ1) is 13.7. The molecule has 9 heteroatoms. The number of hydrogen-bond donors (Lipinski definition) is 3. The van der Waals surface area contributed by atoms with Gasteiger partial charge in [0.05, 0.1) is 25.2 Å². The zero-order valence-electron chi connectivity index (χ0n) is 16.0. The van der Waals surface area contributed by atoms with Crippen LogP contribution in [-0.2, 0) is 16.1 Å². The van der Waals surface area contributed by atoms with Gasteiger partial charge >= 0.3 is 0 Å². The standard InChI is InChI=1S/C20H23N5O3.H2S/c21-17(27)16-7-4-8-25(16)20-15-11-14(12-28-10-9-26)22-19(15)23-18(24-20)13-5-2-1-3-6-13;/h1-3,5-6,11,16,26H,4,7-10,12H2,(H2,21,27)(H,22,23,24);1H2/t16-;/m0./s1. The van der Waals surface area contributed by atoms with E-state index in [4.69, 9.17) is 20.6 Å². The summed E-state index contributed by atoms with van der Waals surface area (Å²) in [5, 5.41) is 9.74. The fourth-order valence-corrected chi connectivity index (χ4v) is 3.62. The number of carbonyl (C=O) groups is 1. The van der Waals surface area contributed by atoms with E-state index in [-0.39, 0.29) is 38.7 Å². The van der Waals surface area contributed by atoms with Gasteiger partial charge in [-0.05, 0) is 18.9 Å². The number of benzene rings is 1. The largest absolute Gasteiger partial charge is 0.394 e. The molecule has 3 heterocycles. The van der Waals surface area contributed by atoms with E-state index in [1.165, 1.54) is 0 Å². The molecule has 4 rings (SSSR count). The van der Waals surface area contributed by atoms with Gasteiger partial charge in [0.15, 0.2) is 5.82 Å². The number of fused-ring (bicyclic) bond motifs is 1. The normalized spacial score (nSPS) is 16.2. The van der Waals surface area contributed by atoms with Gasteiger partial charge in [-0.3, -0.25) is 4.79 Å². The monoisotopic (exact) mass is 415 g/mol. The van der Waals surface area contributed by atoms with Crippen LogP contribution >= 0.6 is 13.5 Å². The third-order valence-electron chi connectivity index (χ3n) is 4.90. The Bertz CT molecular complexity index is 979. The number of aliphatic hydroxyl groups is 1. The van der Waals surface area contributed by atoms with Crippen molar-refractivity contribution in [2.75, 3.05) is 24.7 Å². The summed E-state index contributed by atoms with van der Waals surface area (Å²) in [6, 6.07) is 11.3. The lowest BCUT2D eigenvalue weighted by Crippen LogP contribution is -2.40. The molecule has 1 aliphatic heterocycles. The molecule has 2 aromatic heterocycles. The van der Waals surface area contributed by atoms with Crippen molar-refractivity contribution in [1.29, 1.82) is 0 Å². The van der Waals surface area contributed by atoms with Crippen LogP contribution in [0.1, 0.15) is 18.5 Å². The number of nitrogens with zero attached hydrogens (tertiary/aromatic N) is 3. The number of aromatic nitrogens is 3. The third-order valence-corrected chi connectivity index (χ3v) is 4.90. The number of hydrogen-bond acceptors (Lipinski definition) is 6. The Morgan fingerprint density at radius 2 is 2.10 bits per heavy atom. The highest BCUT2D eigenvalue weighted by molar-refractivity contribution is 7.59. The van der Waals surface area contributed by atoms with Crippen molar-refractivity contribution in [3.63, 3.8) is 0 Å². The number of nitrogens with one attached hydrogen (secondary N) is 1. The number of nitrogens with two attached hydrogens (primary N) is 1. The summed E-state index contributed by atoms with van der Waals surface area (Å²) in [7, 11) is 0. The maximum Gasteiger partial charge on any atom is 0.240 e. The minimum absolute atomic E-state index is 0. The van der Waals surface area contributed by atoms with Gasteiger partial charge in [0, 0.05) is 17.8 Å². The molecule has 1 aromatic carbocycles. The second kappa shape index (κ2) is 9.25. The maximum absolute atomic E-state index is 11.9. The van der Waals surface area contributed by atoms with Crippen molar-refractivity contribution in [2.45, 2.75) is 25.5 Å². The van der Waals surface area contributed by atoms with Crippen LogP contribution in [0.25, 0.3) is 22.4 Å². The molecule has 8 nitrogen and oxygen atoms in total. The summed E-state index contributed by atoms with van der Waals surface area (Å²) < 4.78 is 5.42. The van der Waals surface area contributed by atoms with E-state index in [1.54, 1.807) is 0 Å². The Balaban J connectivity index is 0.00000240. The summed E-state index contributed by atoms with van der Waals surface area (Å²) in [5.41, 5.74) is 8.04.